The van der Waals surface area contributed by atoms with Crippen LogP contribution in [0.3, 0.4) is 0 Å². The van der Waals surface area contributed by atoms with E-state index in [4.69, 9.17) is 0 Å². The highest BCUT2D eigenvalue weighted by Gasteiger charge is 2.31. The monoisotopic (exact) mass is 590 g/mol. The zero-order valence-corrected chi connectivity index (χ0v) is 27.3. The van der Waals surface area contributed by atoms with Crippen LogP contribution in [-0.4, -0.2) is 0 Å². The molecule has 8 rings (SSSR count). The molecule has 0 unspecified atom stereocenters. The molecule has 0 saturated heterocycles. The predicted molar refractivity (Wildman–Crippen MR) is 200 cm³/mol. The first kappa shape index (κ1) is 28.3. The number of allylic oxidation sites excluding steroid dienone is 1. The van der Waals surface area contributed by atoms with Crippen LogP contribution in [0.1, 0.15) is 40.3 Å². The molecule has 0 aliphatic heterocycles. The van der Waals surface area contributed by atoms with Crippen molar-refractivity contribution in [3.8, 4) is 44.5 Å². The molecule has 0 fully saturated rings. The summed E-state index contributed by atoms with van der Waals surface area (Å²) in [5.41, 5.74) is 20.0. The van der Waals surface area contributed by atoms with Crippen LogP contribution < -0.4 is 0 Å². The quantitative estimate of drug-likeness (QED) is 0.187. The van der Waals surface area contributed by atoms with Gasteiger partial charge in [-0.1, -0.05) is 127 Å². The minimum atomic E-state index is 0.949. The van der Waals surface area contributed by atoms with E-state index in [1.165, 1.54) is 105 Å². The first-order valence-corrected chi connectivity index (χ1v) is 16.4. The summed E-state index contributed by atoms with van der Waals surface area (Å²) in [4.78, 5) is 0. The normalized spacial score (nSPS) is 12.2. The average Bonchev–Trinajstić information content (AvgIpc) is 3.38. The number of rotatable bonds is 5. The van der Waals surface area contributed by atoms with Crippen LogP contribution in [0.4, 0.5) is 0 Å². The highest BCUT2D eigenvalue weighted by Crippen LogP contribution is 2.58. The van der Waals surface area contributed by atoms with Crippen molar-refractivity contribution in [1.82, 2.24) is 0 Å². The largest absolute Gasteiger partial charge is 0.0683 e. The average molecular weight is 591 g/mol. The lowest BCUT2D eigenvalue weighted by Crippen LogP contribution is -1.96. The third kappa shape index (κ3) is 4.44. The Hall–Kier alpha value is -5.20. The van der Waals surface area contributed by atoms with Gasteiger partial charge in [-0.25, -0.2) is 0 Å². The van der Waals surface area contributed by atoms with Gasteiger partial charge in [0.15, 0.2) is 0 Å². The van der Waals surface area contributed by atoms with Crippen LogP contribution in [-0.2, 0) is 6.42 Å². The van der Waals surface area contributed by atoms with Crippen LogP contribution >= 0.6 is 0 Å². The van der Waals surface area contributed by atoms with E-state index in [1.807, 2.05) is 0 Å². The Bertz CT molecular complexity index is 2380. The first-order valence-electron chi connectivity index (χ1n) is 16.4. The Morgan fingerprint density at radius 2 is 1.04 bits per heavy atom. The van der Waals surface area contributed by atoms with Gasteiger partial charge in [0.1, 0.15) is 0 Å². The van der Waals surface area contributed by atoms with Crippen molar-refractivity contribution in [1.29, 1.82) is 0 Å². The van der Waals surface area contributed by atoms with E-state index in [1.54, 1.807) is 0 Å². The summed E-state index contributed by atoms with van der Waals surface area (Å²) in [7, 11) is 0. The van der Waals surface area contributed by atoms with Gasteiger partial charge >= 0.3 is 0 Å². The minimum Gasteiger partial charge on any atom is -0.0683 e. The summed E-state index contributed by atoms with van der Waals surface area (Å²) >= 11 is 0. The Kier molecular flexibility index (Phi) is 6.76. The molecule has 0 atom stereocenters. The number of aryl methyl sites for hydroxylation is 4. The van der Waals surface area contributed by atoms with Gasteiger partial charge < -0.3 is 0 Å². The molecule has 46 heavy (non-hydrogen) atoms. The number of benzene rings is 7. The van der Waals surface area contributed by atoms with Gasteiger partial charge in [-0.15, -0.1) is 0 Å². The topological polar surface area (TPSA) is 0 Å². The Morgan fingerprint density at radius 1 is 0.457 bits per heavy atom. The van der Waals surface area contributed by atoms with Crippen LogP contribution in [0.15, 0.2) is 127 Å². The third-order valence-corrected chi connectivity index (χ3v) is 10.1. The van der Waals surface area contributed by atoms with Crippen LogP contribution in [0.2, 0.25) is 0 Å². The standard InChI is InChI=1S/C46H38/c1-28(26-34-16-9-6-13-29(34)2)25-33-22-24-38-41(27-33)44(37-18-11-8-15-31(37)4)45-39-20-12-19-35-32(5)21-23-40(42(35)39)46(45)43(38)36-17-10-7-14-30(36)3/h6-25,27H,26H2,1-5H3/b28-25-. The van der Waals surface area contributed by atoms with E-state index in [2.05, 4.69) is 162 Å². The van der Waals surface area contributed by atoms with Gasteiger partial charge in [0.2, 0.25) is 0 Å². The summed E-state index contributed by atoms with van der Waals surface area (Å²) in [5, 5.41) is 5.34. The molecule has 0 spiro atoms. The van der Waals surface area contributed by atoms with Crippen LogP contribution in [0, 0.1) is 27.7 Å². The van der Waals surface area contributed by atoms with Gasteiger partial charge in [0.25, 0.3) is 0 Å². The van der Waals surface area contributed by atoms with Crippen molar-refractivity contribution in [2.24, 2.45) is 0 Å². The molecule has 1 aliphatic carbocycles. The van der Waals surface area contributed by atoms with E-state index in [0.29, 0.717) is 0 Å². The van der Waals surface area contributed by atoms with Gasteiger partial charge in [0, 0.05) is 0 Å². The molecule has 7 aromatic carbocycles. The lowest BCUT2D eigenvalue weighted by atomic mass is 9.80. The number of hydrogen-bond donors (Lipinski definition) is 0. The Balaban J connectivity index is 1.50. The second-order valence-corrected chi connectivity index (χ2v) is 13.2. The van der Waals surface area contributed by atoms with Crippen molar-refractivity contribution in [2.75, 3.05) is 0 Å². The molecule has 0 nitrogen and oxygen atoms in total. The van der Waals surface area contributed by atoms with E-state index < -0.39 is 0 Å². The fourth-order valence-electron chi connectivity index (χ4n) is 7.81. The maximum atomic E-state index is 2.45. The maximum Gasteiger partial charge on any atom is -0.000731 e. The second kappa shape index (κ2) is 11.0. The molecule has 0 saturated carbocycles. The summed E-state index contributed by atoms with van der Waals surface area (Å²) in [6, 6.07) is 45.3. The SMILES string of the molecule is C/C(=C/c1ccc2c(-c3ccccc3C)c3c(c(-c4ccccc4C)c2c1)-c1cccc2c(C)ccc-3c12)Cc1ccccc1C. The van der Waals surface area contributed by atoms with Crippen molar-refractivity contribution < 1.29 is 0 Å². The lowest BCUT2D eigenvalue weighted by Gasteiger charge is -2.22. The molecule has 1 aliphatic rings. The molecule has 0 heteroatoms. The predicted octanol–water partition coefficient (Wildman–Crippen LogP) is 12.9. The summed E-state index contributed by atoms with van der Waals surface area (Å²) in [6.07, 6.45) is 3.33. The molecule has 0 bridgehead atoms. The summed E-state index contributed by atoms with van der Waals surface area (Å²) < 4.78 is 0. The van der Waals surface area contributed by atoms with Crippen LogP contribution in [0.5, 0.6) is 0 Å². The van der Waals surface area contributed by atoms with E-state index in [-0.39, 0.29) is 0 Å². The first-order chi connectivity index (χ1) is 22.4. The van der Waals surface area contributed by atoms with Crippen molar-refractivity contribution in [3.05, 3.63) is 160 Å². The van der Waals surface area contributed by atoms with Crippen molar-refractivity contribution in [2.45, 2.75) is 41.0 Å². The smallest absolute Gasteiger partial charge is 0.000731 e. The third-order valence-electron chi connectivity index (χ3n) is 10.1. The highest BCUT2D eigenvalue weighted by atomic mass is 14.3. The minimum absolute atomic E-state index is 0.949. The summed E-state index contributed by atoms with van der Waals surface area (Å²) in [5.74, 6) is 0. The molecular formula is C46H38. The van der Waals surface area contributed by atoms with Gasteiger partial charge in [-0.05, 0) is 147 Å². The van der Waals surface area contributed by atoms with Gasteiger partial charge in [-0.2, -0.15) is 0 Å². The Labute approximate surface area is 272 Å². The van der Waals surface area contributed by atoms with Gasteiger partial charge in [0.05, 0.1) is 0 Å². The van der Waals surface area contributed by atoms with Crippen molar-refractivity contribution >= 4 is 27.6 Å². The van der Waals surface area contributed by atoms with E-state index in [0.717, 1.165) is 6.42 Å². The maximum absolute atomic E-state index is 2.45. The molecule has 7 aromatic rings. The molecule has 0 amide bonds. The van der Waals surface area contributed by atoms with Crippen LogP contribution in [0.25, 0.3) is 72.1 Å². The Morgan fingerprint density at radius 3 is 1.72 bits per heavy atom. The second-order valence-electron chi connectivity index (χ2n) is 13.2. The molecule has 0 aromatic heterocycles. The number of fused-ring (bicyclic) bond motifs is 4. The fourth-order valence-corrected chi connectivity index (χ4v) is 7.81. The molecule has 0 radical (unpaired) electrons. The van der Waals surface area contributed by atoms with Crippen molar-refractivity contribution in [3.63, 3.8) is 0 Å². The van der Waals surface area contributed by atoms with E-state index in [9.17, 15) is 0 Å². The zero-order chi connectivity index (χ0) is 31.5. The molecular weight excluding hydrogens is 553 g/mol. The fraction of sp³-hybridized carbons (Fsp3) is 0.130. The lowest BCUT2D eigenvalue weighted by molar-refractivity contribution is 1.13. The summed E-state index contributed by atoms with van der Waals surface area (Å²) in [6.45, 7) is 11.2. The molecule has 0 heterocycles. The highest BCUT2D eigenvalue weighted by molar-refractivity contribution is 6.28. The van der Waals surface area contributed by atoms with Gasteiger partial charge in [-0.3, -0.25) is 0 Å². The zero-order valence-electron chi connectivity index (χ0n) is 27.3. The van der Waals surface area contributed by atoms with E-state index >= 15 is 0 Å². The molecule has 222 valence electrons. The number of hydrogen-bond acceptors (Lipinski definition) is 0. The molecule has 0 N–H and O–H groups in total.